The van der Waals surface area contributed by atoms with Gasteiger partial charge >= 0.3 is 18.9 Å². The summed E-state index contributed by atoms with van der Waals surface area (Å²) >= 11 is 0. The number of hydrogen-bond donors (Lipinski definition) is 0. The molecule has 0 amide bonds. The molecule has 1 aliphatic rings. The van der Waals surface area contributed by atoms with Gasteiger partial charge in [-0.1, -0.05) is 30.3 Å². The molecule has 0 heterocycles. The predicted octanol–water partition coefficient (Wildman–Crippen LogP) is -1.92. The fourth-order valence-electron chi connectivity index (χ4n) is 1.46. The Morgan fingerprint density at radius 1 is 1.17 bits per heavy atom. The second-order valence-electron chi connectivity index (χ2n) is 3.29. The maximum absolute atomic E-state index is 10.8. The third kappa shape index (κ3) is 1.59. The zero-order chi connectivity index (χ0) is 7.73. The fourth-order valence-corrected chi connectivity index (χ4v) is 1.46. The minimum atomic E-state index is 0. The zero-order valence-corrected chi connectivity index (χ0v) is 7.42. The van der Waals surface area contributed by atoms with E-state index in [2.05, 4.69) is 12.1 Å². The van der Waals surface area contributed by atoms with Crippen LogP contribution in [0.15, 0.2) is 30.3 Å². The second-order valence-corrected chi connectivity index (χ2v) is 3.29. The summed E-state index contributed by atoms with van der Waals surface area (Å²) in [6.07, 6.45) is 2.17. The van der Waals surface area contributed by atoms with Crippen LogP contribution in [-0.4, -0.2) is 6.61 Å². The van der Waals surface area contributed by atoms with Crippen molar-refractivity contribution in [3.05, 3.63) is 35.9 Å². The standard InChI is InChI=1S/C10H11O.Li/c11-8-10(6-7-10)9-4-2-1-3-5-9;/h1-5H,6-8H2;/q-1;+1. The SMILES string of the molecule is [Li+].[O-]CC1(c2ccccc2)CC1. The van der Waals surface area contributed by atoms with E-state index in [4.69, 9.17) is 0 Å². The van der Waals surface area contributed by atoms with Gasteiger partial charge in [-0.2, -0.15) is 0 Å². The predicted molar refractivity (Wildman–Crippen MR) is 42.2 cm³/mol. The molecule has 0 unspecified atom stereocenters. The molecule has 1 aliphatic carbocycles. The van der Waals surface area contributed by atoms with Crippen LogP contribution < -0.4 is 24.0 Å². The fraction of sp³-hybridized carbons (Fsp3) is 0.400. The normalized spacial score (nSPS) is 18.1. The molecule has 0 N–H and O–H groups in total. The van der Waals surface area contributed by atoms with Crippen molar-refractivity contribution < 1.29 is 24.0 Å². The van der Waals surface area contributed by atoms with E-state index in [0.29, 0.717) is 0 Å². The molecule has 1 aromatic carbocycles. The van der Waals surface area contributed by atoms with E-state index in [1.165, 1.54) is 5.56 Å². The van der Waals surface area contributed by atoms with Crippen LogP contribution in [0.2, 0.25) is 0 Å². The largest absolute Gasteiger partial charge is 1.00 e. The number of rotatable bonds is 2. The van der Waals surface area contributed by atoms with Crippen LogP contribution in [0.25, 0.3) is 0 Å². The van der Waals surface area contributed by atoms with Crippen LogP contribution in [0.4, 0.5) is 0 Å². The third-order valence-corrected chi connectivity index (χ3v) is 2.52. The molecule has 1 fully saturated rings. The van der Waals surface area contributed by atoms with Gasteiger partial charge in [-0.25, -0.2) is 0 Å². The molecule has 2 heteroatoms. The minimum Gasteiger partial charge on any atom is -0.854 e. The Kier molecular flexibility index (Phi) is 3.01. The van der Waals surface area contributed by atoms with E-state index in [-0.39, 0.29) is 30.9 Å². The maximum Gasteiger partial charge on any atom is 1.00 e. The van der Waals surface area contributed by atoms with Crippen LogP contribution in [0.3, 0.4) is 0 Å². The van der Waals surface area contributed by atoms with Gasteiger partial charge in [0.05, 0.1) is 0 Å². The van der Waals surface area contributed by atoms with Crippen molar-refractivity contribution in [3.63, 3.8) is 0 Å². The Labute approximate surface area is 85.0 Å². The van der Waals surface area contributed by atoms with Gasteiger partial charge in [-0.15, -0.1) is 6.61 Å². The second kappa shape index (κ2) is 3.66. The summed E-state index contributed by atoms with van der Waals surface area (Å²) in [5.74, 6) is 0. The van der Waals surface area contributed by atoms with Gasteiger partial charge in [-0.05, 0) is 23.8 Å². The molecule has 0 aliphatic heterocycles. The Morgan fingerprint density at radius 3 is 2.17 bits per heavy atom. The van der Waals surface area contributed by atoms with Crippen LogP contribution in [0.1, 0.15) is 18.4 Å². The van der Waals surface area contributed by atoms with Crippen molar-refractivity contribution in [3.8, 4) is 0 Å². The molecule has 1 nitrogen and oxygen atoms in total. The first kappa shape index (κ1) is 9.86. The Bertz CT molecular complexity index is 241. The van der Waals surface area contributed by atoms with Gasteiger partial charge in [0.1, 0.15) is 0 Å². The topological polar surface area (TPSA) is 23.1 Å². The molecule has 12 heavy (non-hydrogen) atoms. The monoisotopic (exact) mass is 154 g/mol. The summed E-state index contributed by atoms with van der Waals surface area (Å²) in [4.78, 5) is 0. The zero-order valence-electron chi connectivity index (χ0n) is 7.42. The molecular formula is C10H11LiO. The van der Waals surface area contributed by atoms with E-state index >= 15 is 0 Å². The summed E-state index contributed by atoms with van der Waals surface area (Å²) in [7, 11) is 0. The van der Waals surface area contributed by atoms with E-state index < -0.39 is 0 Å². The molecule has 58 valence electrons. The molecule has 1 aromatic rings. The quantitative estimate of drug-likeness (QED) is 0.455. The molecule has 1 saturated carbocycles. The van der Waals surface area contributed by atoms with E-state index in [1.54, 1.807) is 0 Å². The summed E-state index contributed by atoms with van der Waals surface area (Å²) in [6, 6.07) is 10.1. The summed E-state index contributed by atoms with van der Waals surface area (Å²) in [5.41, 5.74) is 1.26. The van der Waals surface area contributed by atoms with Gasteiger partial charge in [0.25, 0.3) is 0 Å². The van der Waals surface area contributed by atoms with Crippen LogP contribution in [0.5, 0.6) is 0 Å². The van der Waals surface area contributed by atoms with Crippen LogP contribution in [-0.2, 0) is 5.41 Å². The first-order valence-corrected chi connectivity index (χ1v) is 4.01. The Balaban J connectivity index is 0.000000720. The molecule has 0 bridgehead atoms. The molecule has 0 aromatic heterocycles. The maximum atomic E-state index is 10.8. The summed E-state index contributed by atoms with van der Waals surface area (Å²) in [5, 5.41) is 10.8. The van der Waals surface area contributed by atoms with Crippen molar-refractivity contribution >= 4 is 0 Å². The molecular weight excluding hydrogens is 143 g/mol. The van der Waals surface area contributed by atoms with Gasteiger partial charge < -0.3 is 5.11 Å². The Hall–Kier alpha value is -0.223. The van der Waals surface area contributed by atoms with Crippen molar-refractivity contribution in [2.24, 2.45) is 0 Å². The van der Waals surface area contributed by atoms with Gasteiger partial charge in [-0.3, -0.25) is 0 Å². The third-order valence-electron chi connectivity index (χ3n) is 2.52. The molecule has 0 spiro atoms. The van der Waals surface area contributed by atoms with Crippen molar-refractivity contribution in [1.82, 2.24) is 0 Å². The van der Waals surface area contributed by atoms with Crippen LogP contribution in [0, 0.1) is 0 Å². The molecule has 0 atom stereocenters. The number of hydrogen-bond acceptors (Lipinski definition) is 1. The molecule has 2 rings (SSSR count). The Morgan fingerprint density at radius 2 is 1.75 bits per heavy atom. The first-order valence-electron chi connectivity index (χ1n) is 4.01. The van der Waals surface area contributed by atoms with E-state index in [9.17, 15) is 5.11 Å². The van der Waals surface area contributed by atoms with Gasteiger partial charge in [0.15, 0.2) is 0 Å². The summed E-state index contributed by atoms with van der Waals surface area (Å²) in [6.45, 7) is 0.0526. The summed E-state index contributed by atoms with van der Waals surface area (Å²) < 4.78 is 0. The van der Waals surface area contributed by atoms with Crippen molar-refractivity contribution in [2.75, 3.05) is 6.61 Å². The number of benzene rings is 1. The van der Waals surface area contributed by atoms with Crippen LogP contribution >= 0.6 is 0 Å². The smallest absolute Gasteiger partial charge is 0.854 e. The van der Waals surface area contributed by atoms with Gasteiger partial charge in [0, 0.05) is 0 Å². The van der Waals surface area contributed by atoms with E-state index in [1.807, 2.05) is 18.2 Å². The van der Waals surface area contributed by atoms with Gasteiger partial charge in [0.2, 0.25) is 0 Å². The minimum absolute atomic E-state index is 0. The van der Waals surface area contributed by atoms with Crippen molar-refractivity contribution in [2.45, 2.75) is 18.3 Å². The first-order chi connectivity index (χ1) is 5.37. The molecule has 0 saturated heterocycles. The average molecular weight is 154 g/mol. The van der Waals surface area contributed by atoms with Crippen molar-refractivity contribution in [1.29, 1.82) is 0 Å². The van der Waals surface area contributed by atoms with E-state index in [0.717, 1.165) is 12.8 Å². The average Bonchev–Trinajstić information content (AvgIpc) is 2.86. The molecule has 0 radical (unpaired) electrons.